The highest BCUT2D eigenvalue weighted by Gasteiger charge is 2.20. The summed E-state index contributed by atoms with van der Waals surface area (Å²) in [6.45, 7) is 1.09. The summed E-state index contributed by atoms with van der Waals surface area (Å²) >= 11 is 0. The Morgan fingerprint density at radius 1 is 1.20 bits per heavy atom. The number of rotatable bonds is 2. The van der Waals surface area contributed by atoms with Crippen molar-refractivity contribution in [1.82, 2.24) is 0 Å². The van der Waals surface area contributed by atoms with E-state index in [-0.39, 0.29) is 0 Å². The molecule has 5 nitrogen and oxygen atoms in total. The van der Waals surface area contributed by atoms with Crippen LogP contribution in [0.4, 0.5) is 0 Å². The molecule has 0 bridgehead atoms. The molecular formula is C10H10O5. The third-order valence-electron chi connectivity index (χ3n) is 1.58. The van der Waals surface area contributed by atoms with E-state index in [1.807, 2.05) is 0 Å². The van der Waals surface area contributed by atoms with Gasteiger partial charge >= 0.3 is 11.9 Å². The van der Waals surface area contributed by atoms with Crippen LogP contribution < -0.4 is 0 Å². The third-order valence-corrected chi connectivity index (χ3v) is 1.58. The van der Waals surface area contributed by atoms with Gasteiger partial charge in [0.2, 0.25) is 0 Å². The first-order chi connectivity index (χ1) is 7.11. The van der Waals surface area contributed by atoms with Crippen LogP contribution in [0.25, 0.3) is 0 Å². The van der Waals surface area contributed by atoms with E-state index < -0.39 is 18.0 Å². The molecule has 1 N–H and O–H groups in total. The lowest BCUT2D eigenvalue weighted by atomic mass is 10.1. The van der Waals surface area contributed by atoms with Crippen LogP contribution in [0.15, 0.2) is 30.3 Å². The topological polar surface area (TPSA) is 72.8 Å². The molecule has 0 saturated carbocycles. The zero-order valence-electron chi connectivity index (χ0n) is 8.04. The molecule has 0 spiro atoms. The summed E-state index contributed by atoms with van der Waals surface area (Å²) < 4.78 is 0. The molecule has 1 aromatic carbocycles. The van der Waals surface area contributed by atoms with Crippen molar-refractivity contribution in [2.24, 2.45) is 0 Å². The summed E-state index contributed by atoms with van der Waals surface area (Å²) in [6.07, 6.45) is -1.45. The second-order valence-corrected chi connectivity index (χ2v) is 2.79. The lowest BCUT2D eigenvalue weighted by Crippen LogP contribution is -2.17. The molecule has 0 fully saturated rings. The van der Waals surface area contributed by atoms with Crippen molar-refractivity contribution < 1.29 is 24.5 Å². The average Bonchev–Trinajstić information content (AvgIpc) is 2.26. The van der Waals surface area contributed by atoms with Gasteiger partial charge in [0.25, 0.3) is 0 Å². The van der Waals surface area contributed by atoms with E-state index in [1.165, 1.54) is 0 Å². The number of aliphatic hydroxyl groups excluding tert-OH is 1. The van der Waals surface area contributed by atoms with Crippen LogP contribution >= 0.6 is 0 Å². The summed E-state index contributed by atoms with van der Waals surface area (Å²) in [7, 11) is 0. The minimum absolute atomic E-state index is 0.370. The Balaban J connectivity index is 2.57. The van der Waals surface area contributed by atoms with E-state index in [0.29, 0.717) is 5.56 Å². The summed E-state index contributed by atoms with van der Waals surface area (Å²) in [4.78, 5) is 29.5. The Bertz CT molecular complexity index is 346. The molecule has 80 valence electrons. The highest BCUT2D eigenvalue weighted by Crippen LogP contribution is 2.13. The molecule has 5 heteroatoms. The van der Waals surface area contributed by atoms with Gasteiger partial charge in [-0.15, -0.1) is 0 Å². The molecule has 0 radical (unpaired) electrons. The van der Waals surface area contributed by atoms with Gasteiger partial charge in [0, 0.05) is 6.92 Å². The van der Waals surface area contributed by atoms with Crippen molar-refractivity contribution in [3.05, 3.63) is 35.9 Å². The number of carbonyl (C=O) groups is 2. The lowest BCUT2D eigenvalue weighted by Gasteiger charge is -2.07. The van der Waals surface area contributed by atoms with Crippen LogP contribution in [-0.2, 0) is 19.4 Å². The van der Waals surface area contributed by atoms with Gasteiger partial charge in [0.1, 0.15) is 0 Å². The van der Waals surface area contributed by atoms with Gasteiger partial charge in [0.05, 0.1) is 0 Å². The standard InChI is InChI=1S/C10H10O5/c1-7(11)14-15-10(13)9(12)8-5-3-2-4-6-8/h2-6,9,12H,1H3. The smallest absolute Gasteiger partial charge is 0.377 e. The van der Waals surface area contributed by atoms with Gasteiger partial charge in [-0.1, -0.05) is 30.3 Å². The van der Waals surface area contributed by atoms with E-state index in [0.717, 1.165) is 6.92 Å². The molecule has 0 aliphatic carbocycles. The lowest BCUT2D eigenvalue weighted by molar-refractivity contribution is -0.263. The van der Waals surface area contributed by atoms with Crippen molar-refractivity contribution in [3.63, 3.8) is 0 Å². The van der Waals surface area contributed by atoms with Crippen LogP contribution in [0.2, 0.25) is 0 Å². The summed E-state index contributed by atoms with van der Waals surface area (Å²) in [5.41, 5.74) is 0.370. The SMILES string of the molecule is CC(=O)OOC(=O)C(O)c1ccccc1. The molecule has 1 unspecified atom stereocenters. The number of benzene rings is 1. The molecule has 15 heavy (non-hydrogen) atoms. The number of carbonyl (C=O) groups excluding carboxylic acids is 2. The maximum absolute atomic E-state index is 11.1. The molecule has 1 aromatic rings. The normalized spacial score (nSPS) is 11.6. The molecule has 0 amide bonds. The van der Waals surface area contributed by atoms with E-state index in [1.54, 1.807) is 30.3 Å². The average molecular weight is 210 g/mol. The van der Waals surface area contributed by atoms with E-state index in [9.17, 15) is 14.7 Å². The Hall–Kier alpha value is -1.88. The zero-order chi connectivity index (χ0) is 11.3. The maximum atomic E-state index is 11.1. The number of aliphatic hydroxyl groups is 1. The van der Waals surface area contributed by atoms with Crippen molar-refractivity contribution >= 4 is 11.9 Å². The fraction of sp³-hybridized carbons (Fsp3) is 0.200. The second-order valence-electron chi connectivity index (χ2n) is 2.79. The Labute approximate surface area is 86.2 Å². The minimum atomic E-state index is -1.45. The van der Waals surface area contributed by atoms with Crippen LogP contribution in [0.3, 0.4) is 0 Å². The quantitative estimate of drug-likeness (QED) is 0.575. The number of hydrogen-bond acceptors (Lipinski definition) is 5. The Kier molecular flexibility index (Phi) is 3.82. The van der Waals surface area contributed by atoms with Crippen LogP contribution in [-0.4, -0.2) is 17.0 Å². The van der Waals surface area contributed by atoms with Gasteiger partial charge in [-0.3, -0.25) is 0 Å². The monoisotopic (exact) mass is 210 g/mol. The zero-order valence-corrected chi connectivity index (χ0v) is 8.04. The largest absolute Gasteiger partial charge is 0.388 e. The maximum Gasteiger partial charge on any atom is 0.388 e. The predicted molar refractivity (Wildman–Crippen MR) is 49.3 cm³/mol. The van der Waals surface area contributed by atoms with Crippen molar-refractivity contribution in [2.45, 2.75) is 13.0 Å². The van der Waals surface area contributed by atoms with Crippen molar-refractivity contribution in [1.29, 1.82) is 0 Å². The van der Waals surface area contributed by atoms with E-state index >= 15 is 0 Å². The molecule has 0 aliphatic rings. The summed E-state index contributed by atoms with van der Waals surface area (Å²) in [5.74, 6) is -1.79. The summed E-state index contributed by atoms with van der Waals surface area (Å²) in [6, 6.07) is 8.18. The van der Waals surface area contributed by atoms with Crippen molar-refractivity contribution in [3.8, 4) is 0 Å². The first kappa shape index (κ1) is 11.2. The van der Waals surface area contributed by atoms with E-state index in [4.69, 9.17) is 0 Å². The molecule has 1 rings (SSSR count). The molecule has 0 heterocycles. The van der Waals surface area contributed by atoms with Gasteiger partial charge in [-0.2, -0.15) is 0 Å². The second kappa shape index (κ2) is 5.11. The fourth-order valence-corrected chi connectivity index (χ4v) is 0.917. The minimum Gasteiger partial charge on any atom is -0.377 e. The molecule has 0 saturated heterocycles. The van der Waals surface area contributed by atoms with Gasteiger partial charge in [0.15, 0.2) is 6.10 Å². The molecule has 0 aliphatic heterocycles. The first-order valence-electron chi connectivity index (χ1n) is 4.23. The molecule has 0 aromatic heterocycles. The molecule has 1 atom stereocenters. The number of hydrogen-bond donors (Lipinski definition) is 1. The molecular weight excluding hydrogens is 200 g/mol. The Morgan fingerprint density at radius 2 is 1.80 bits per heavy atom. The fourth-order valence-electron chi connectivity index (χ4n) is 0.917. The highest BCUT2D eigenvalue weighted by atomic mass is 17.2. The first-order valence-corrected chi connectivity index (χ1v) is 4.23. The van der Waals surface area contributed by atoms with Gasteiger partial charge < -0.3 is 5.11 Å². The van der Waals surface area contributed by atoms with Crippen LogP contribution in [0.5, 0.6) is 0 Å². The van der Waals surface area contributed by atoms with Crippen LogP contribution in [0.1, 0.15) is 18.6 Å². The highest BCUT2D eigenvalue weighted by molar-refractivity contribution is 5.76. The Morgan fingerprint density at radius 3 is 2.33 bits per heavy atom. The van der Waals surface area contributed by atoms with Gasteiger partial charge in [-0.05, 0) is 5.56 Å². The van der Waals surface area contributed by atoms with Gasteiger partial charge in [-0.25, -0.2) is 19.4 Å². The third kappa shape index (κ3) is 3.40. The summed E-state index contributed by atoms with van der Waals surface area (Å²) in [5, 5.41) is 9.44. The predicted octanol–water partition coefficient (Wildman–Crippen LogP) is 0.741. The van der Waals surface area contributed by atoms with E-state index in [2.05, 4.69) is 9.78 Å². The van der Waals surface area contributed by atoms with Crippen LogP contribution in [0, 0.1) is 0 Å². The van der Waals surface area contributed by atoms with Crippen molar-refractivity contribution in [2.75, 3.05) is 0 Å².